The zero-order valence-electron chi connectivity index (χ0n) is 24.1. The van der Waals surface area contributed by atoms with Crippen molar-refractivity contribution in [1.29, 1.82) is 0 Å². The van der Waals surface area contributed by atoms with Gasteiger partial charge in [0.05, 0.1) is 5.92 Å². The monoisotopic (exact) mass is 495 g/mol. The third kappa shape index (κ3) is 14.2. The predicted molar refractivity (Wildman–Crippen MR) is 158 cm³/mol. The summed E-state index contributed by atoms with van der Waals surface area (Å²) >= 11 is 0. The van der Waals surface area contributed by atoms with Crippen molar-refractivity contribution in [1.82, 2.24) is 4.98 Å². The Morgan fingerprint density at radius 3 is 1.50 bits per heavy atom. The molecule has 0 aliphatic rings. The van der Waals surface area contributed by atoms with E-state index in [1.165, 1.54) is 146 Å². The molecule has 1 aromatic carbocycles. The van der Waals surface area contributed by atoms with E-state index in [0.717, 1.165) is 6.54 Å². The van der Waals surface area contributed by atoms with Crippen LogP contribution in [0.15, 0.2) is 42.7 Å². The average molecular weight is 496 g/mol. The highest BCUT2D eigenvalue weighted by atomic mass is 15.1. The maximum absolute atomic E-state index is 3.65. The van der Waals surface area contributed by atoms with Crippen LogP contribution in [0.3, 0.4) is 0 Å². The van der Waals surface area contributed by atoms with E-state index in [9.17, 15) is 0 Å². The van der Waals surface area contributed by atoms with Crippen molar-refractivity contribution < 1.29 is 4.57 Å². The second-order valence-corrected chi connectivity index (χ2v) is 11.2. The highest BCUT2D eigenvalue weighted by molar-refractivity contribution is 5.13. The summed E-state index contributed by atoms with van der Waals surface area (Å²) in [7, 11) is 0. The largest absolute Gasteiger partial charge is 0.257 e. The molecule has 0 saturated heterocycles. The number of hydrogen-bond donors (Lipinski definition) is 1. The lowest BCUT2D eigenvalue weighted by molar-refractivity contribution is -0.695. The first-order valence-electron chi connectivity index (χ1n) is 16.0. The lowest BCUT2D eigenvalue weighted by atomic mass is 9.93. The van der Waals surface area contributed by atoms with Gasteiger partial charge in [0, 0.05) is 0 Å². The molecule has 0 fully saturated rings. The summed E-state index contributed by atoms with van der Waals surface area (Å²) in [6.45, 7) is 5.59. The molecule has 0 unspecified atom stereocenters. The number of imidazole rings is 1. The van der Waals surface area contributed by atoms with Crippen molar-refractivity contribution in [3.8, 4) is 0 Å². The summed E-state index contributed by atoms with van der Waals surface area (Å²) in [5, 5.41) is 0. The van der Waals surface area contributed by atoms with Crippen molar-refractivity contribution >= 4 is 0 Å². The Balaban J connectivity index is 1.69. The third-order valence-electron chi connectivity index (χ3n) is 7.94. The van der Waals surface area contributed by atoms with Gasteiger partial charge >= 0.3 is 0 Å². The van der Waals surface area contributed by atoms with Gasteiger partial charge in [0.2, 0.25) is 0 Å². The van der Waals surface area contributed by atoms with E-state index in [1.807, 2.05) is 0 Å². The Morgan fingerprint density at radius 2 is 1.03 bits per heavy atom. The number of aromatic amines is 1. The molecule has 1 atom stereocenters. The molecular weight excluding hydrogens is 436 g/mol. The fraction of sp³-hybridized carbons (Fsp3) is 0.735. The van der Waals surface area contributed by atoms with Crippen molar-refractivity contribution in [2.75, 3.05) is 0 Å². The Hall–Kier alpha value is -1.57. The van der Waals surface area contributed by atoms with Crippen LogP contribution in [0.2, 0.25) is 0 Å². The smallest absolute Gasteiger partial charge is 0.247 e. The quantitative estimate of drug-likeness (QED) is 0.110. The minimum Gasteiger partial charge on any atom is -0.247 e. The van der Waals surface area contributed by atoms with E-state index in [-0.39, 0.29) is 0 Å². The molecule has 2 nitrogen and oxygen atoms in total. The van der Waals surface area contributed by atoms with E-state index in [2.05, 4.69) is 66.1 Å². The molecule has 0 aliphatic carbocycles. The summed E-state index contributed by atoms with van der Waals surface area (Å²) < 4.78 is 2.47. The third-order valence-corrected chi connectivity index (χ3v) is 7.94. The number of nitrogens with zero attached hydrogens (tertiary/aromatic N) is 1. The molecule has 0 aliphatic heterocycles. The fourth-order valence-corrected chi connectivity index (χ4v) is 5.64. The Kier molecular flexibility index (Phi) is 18.3. The maximum atomic E-state index is 3.65. The van der Waals surface area contributed by atoms with Gasteiger partial charge in [-0.2, -0.15) is 0 Å². The number of unbranched alkanes of at least 4 members (excludes halogenated alkanes) is 17. The second-order valence-electron chi connectivity index (χ2n) is 11.2. The molecule has 0 amide bonds. The number of aromatic nitrogens is 2. The molecule has 2 rings (SSSR count). The minimum absolute atomic E-state index is 0.669. The van der Waals surface area contributed by atoms with Crippen LogP contribution in [-0.2, 0) is 6.54 Å². The summed E-state index contributed by atoms with van der Waals surface area (Å²) in [5.41, 5.74) is 1.39. The standard InChI is InChI=1S/C34H58N2/c1-3-5-7-9-11-12-13-14-15-16-17-19-24-28-33(27-23-18-10-8-6-4-2)34-35-29-30-36(34)31-32-25-21-20-22-26-32/h20-22,25-26,29-30,33H,3-19,23-24,27-28,31H2,1-2H3/p+1/t33-/m0/s1. The van der Waals surface area contributed by atoms with E-state index in [0.29, 0.717) is 5.92 Å². The number of nitrogens with one attached hydrogen (secondary N) is 1. The predicted octanol–water partition coefficient (Wildman–Crippen LogP) is 10.7. The molecule has 36 heavy (non-hydrogen) atoms. The lowest BCUT2D eigenvalue weighted by Gasteiger charge is -2.14. The van der Waals surface area contributed by atoms with Crippen LogP contribution in [-0.4, -0.2) is 4.98 Å². The first kappa shape index (κ1) is 30.7. The van der Waals surface area contributed by atoms with Crippen LogP contribution >= 0.6 is 0 Å². The first-order valence-corrected chi connectivity index (χ1v) is 16.0. The molecule has 0 saturated carbocycles. The van der Waals surface area contributed by atoms with E-state index >= 15 is 0 Å². The normalized spacial score (nSPS) is 12.3. The average Bonchev–Trinajstić information content (AvgIpc) is 3.36. The highest BCUT2D eigenvalue weighted by Crippen LogP contribution is 2.26. The van der Waals surface area contributed by atoms with Gasteiger partial charge in [-0.15, -0.1) is 0 Å². The van der Waals surface area contributed by atoms with Crippen LogP contribution < -0.4 is 4.57 Å². The topological polar surface area (TPSA) is 19.7 Å². The van der Waals surface area contributed by atoms with Crippen molar-refractivity contribution in [2.45, 2.75) is 161 Å². The highest BCUT2D eigenvalue weighted by Gasteiger charge is 2.22. The van der Waals surface area contributed by atoms with Crippen molar-refractivity contribution in [3.05, 3.63) is 54.1 Å². The SMILES string of the molecule is CCCCCCCCCCCCCCC[C@H](CCCCCCCC)c1[nH]cc[n+]1Cc1ccccc1. The second kappa shape index (κ2) is 21.5. The zero-order valence-corrected chi connectivity index (χ0v) is 24.1. The van der Waals surface area contributed by atoms with Gasteiger partial charge in [0.25, 0.3) is 5.82 Å². The van der Waals surface area contributed by atoms with Gasteiger partial charge in [0.1, 0.15) is 18.9 Å². The van der Waals surface area contributed by atoms with Gasteiger partial charge in [-0.25, -0.2) is 9.55 Å². The van der Waals surface area contributed by atoms with Crippen molar-refractivity contribution in [3.63, 3.8) is 0 Å². The Morgan fingerprint density at radius 1 is 0.583 bits per heavy atom. The van der Waals surface area contributed by atoms with Crippen LogP contribution in [0.25, 0.3) is 0 Å². The lowest BCUT2D eigenvalue weighted by Crippen LogP contribution is -2.38. The molecule has 0 bridgehead atoms. The maximum Gasteiger partial charge on any atom is 0.257 e. The molecule has 2 heteroatoms. The summed E-state index contributed by atoms with van der Waals surface area (Å²) in [5.74, 6) is 2.12. The summed E-state index contributed by atoms with van der Waals surface area (Å²) in [4.78, 5) is 3.65. The van der Waals surface area contributed by atoms with Gasteiger partial charge in [-0.3, -0.25) is 0 Å². The molecule has 0 spiro atoms. The van der Waals surface area contributed by atoms with E-state index < -0.39 is 0 Å². The van der Waals surface area contributed by atoms with Crippen LogP contribution in [0.1, 0.15) is 166 Å². The van der Waals surface area contributed by atoms with Crippen molar-refractivity contribution in [2.24, 2.45) is 0 Å². The minimum atomic E-state index is 0.669. The van der Waals surface area contributed by atoms with Gasteiger partial charge < -0.3 is 0 Å². The number of hydrogen-bond acceptors (Lipinski definition) is 0. The fourth-order valence-electron chi connectivity index (χ4n) is 5.64. The molecule has 1 aromatic heterocycles. The summed E-state index contributed by atoms with van der Waals surface area (Å²) in [6, 6.07) is 10.9. The first-order chi connectivity index (χ1) is 17.8. The van der Waals surface area contributed by atoms with Gasteiger partial charge in [-0.05, 0) is 18.4 Å². The molecule has 0 radical (unpaired) electrons. The Bertz CT molecular complexity index is 720. The van der Waals surface area contributed by atoms with Gasteiger partial charge in [0.15, 0.2) is 0 Å². The molecule has 1 N–H and O–H groups in total. The van der Waals surface area contributed by atoms with Crippen LogP contribution in [0.5, 0.6) is 0 Å². The number of rotatable bonds is 24. The van der Waals surface area contributed by atoms with E-state index in [1.54, 1.807) is 0 Å². The number of benzene rings is 1. The zero-order chi connectivity index (χ0) is 25.5. The molecule has 204 valence electrons. The molecule has 2 aromatic rings. The number of H-pyrrole nitrogens is 1. The Labute approximate surface area is 224 Å². The summed E-state index contributed by atoms with van der Waals surface area (Å²) in [6.07, 6.45) is 34.0. The molecule has 1 heterocycles. The van der Waals surface area contributed by atoms with E-state index in [4.69, 9.17) is 0 Å². The van der Waals surface area contributed by atoms with Crippen LogP contribution in [0.4, 0.5) is 0 Å². The molecular formula is C34H59N2+. The van der Waals surface area contributed by atoms with Crippen LogP contribution in [0, 0.1) is 0 Å². The van der Waals surface area contributed by atoms with Gasteiger partial charge in [-0.1, -0.05) is 166 Å².